The Kier molecular flexibility index (Phi) is 15.4. The maximum Gasteiger partial charge on any atom is 0.125 e. The lowest BCUT2D eigenvalue weighted by Gasteiger charge is -2.29. The SMILES string of the molecule is CCCCCCCCCCCC[N+](C)(C)CSCCCC. The number of hydrogen-bond donors (Lipinski definition) is 0. The minimum absolute atomic E-state index is 1.20. The molecule has 0 atom stereocenters. The van der Waals surface area contributed by atoms with Crippen LogP contribution in [0.2, 0.25) is 0 Å². The molecule has 0 aromatic heterocycles. The fourth-order valence-corrected chi connectivity index (χ4v) is 3.90. The fourth-order valence-electron chi connectivity index (χ4n) is 2.65. The van der Waals surface area contributed by atoms with Crippen molar-refractivity contribution >= 4 is 11.8 Å². The zero-order chi connectivity index (χ0) is 15.8. The van der Waals surface area contributed by atoms with Crippen molar-refractivity contribution in [2.45, 2.75) is 90.9 Å². The molecule has 0 rings (SSSR count). The molecule has 2 heteroatoms. The van der Waals surface area contributed by atoms with Crippen molar-refractivity contribution in [3.8, 4) is 0 Å². The van der Waals surface area contributed by atoms with Gasteiger partial charge < -0.3 is 4.48 Å². The summed E-state index contributed by atoms with van der Waals surface area (Å²) in [4.78, 5) is 0. The van der Waals surface area contributed by atoms with Crippen LogP contribution in [0, 0.1) is 0 Å². The van der Waals surface area contributed by atoms with Crippen LogP contribution < -0.4 is 0 Å². The van der Waals surface area contributed by atoms with E-state index in [1.807, 2.05) is 0 Å². The van der Waals surface area contributed by atoms with Gasteiger partial charge in [0.2, 0.25) is 0 Å². The molecule has 0 aliphatic rings. The Hall–Kier alpha value is 0.310. The van der Waals surface area contributed by atoms with Crippen molar-refractivity contribution in [1.29, 1.82) is 0 Å². The van der Waals surface area contributed by atoms with Crippen LogP contribution >= 0.6 is 11.8 Å². The number of unbranched alkanes of at least 4 members (excludes halogenated alkanes) is 10. The van der Waals surface area contributed by atoms with Gasteiger partial charge >= 0.3 is 0 Å². The van der Waals surface area contributed by atoms with E-state index >= 15 is 0 Å². The third kappa shape index (κ3) is 16.5. The largest absolute Gasteiger partial charge is 0.320 e. The first-order valence-electron chi connectivity index (χ1n) is 9.52. The average Bonchev–Trinajstić information content (AvgIpc) is 2.45. The fraction of sp³-hybridized carbons (Fsp3) is 1.00. The van der Waals surface area contributed by atoms with E-state index in [-0.39, 0.29) is 0 Å². The Morgan fingerprint density at radius 1 is 0.619 bits per heavy atom. The zero-order valence-corrected chi connectivity index (χ0v) is 16.3. The molecule has 0 heterocycles. The highest BCUT2D eigenvalue weighted by Crippen LogP contribution is 2.14. The van der Waals surface area contributed by atoms with Crippen LogP contribution in [0.1, 0.15) is 90.9 Å². The summed E-state index contributed by atoms with van der Waals surface area (Å²) in [6.45, 7) is 5.93. The molecule has 0 aromatic rings. The maximum absolute atomic E-state index is 2.40. The lowest BCUT2D eigenvalue weighted by atomic mass is 10.1. The molecule has 128 valence electrons. The van der Waals surface area contributed by atoms with E-state index in [2.05, 4.69) is 39.7 Å². The van der Waals surface area contributed by atoms with E-state index < -0.39 is 0 Å². The predicted molar refractivity (Wildman–Crippen MR) is 101 cm³/mol. The van der Waals surface area contributed by atoms with Gasteiger partial charge in [-0.3, -0.25) is 0 Å². The third-order valence-electron chi connectivity index (χ3n) is 4.20. The van der Waals surface area contributed by atoms with Gasteiger partial charge in [0, 0.05) is 0 Å². The summed E-state index contributed by atoms with van der Waals surface area (Å²) in [5.74, 6) is 2.63. The molecule has 0 fully saturated rings. The number of hydrogen-bond acceptors (Lipinski definition) is 1. The molecule has 0 N–H and O–H groups in total. The van der Waals surface area contributed by atoms with Gasteiger partial charge in [0.15, 0.2) is 0 Å². The Morgan fingerprint density at radius 2 is 1.10 bits per heavy atom. The molecule has 0 saturated heterocycles. The smallest absolute Gasteiger partial charge is 0.125 e. The van der Waals surface area contributed by atoms with E-state index in [0.29, 0.717) is 0 Å². The second kappa shape index (κ2) is 15.2. The first-order valence-corrected chi connectivity index (χ1v) is 10.7. The summed E-state index contributed by atoms with van der Waals surface area (Å²) in [7, 11) is 4.79. The maximum atomic E-state index is 2.40. The Morgan fingerprint density at radius 3 is 1.62 bits per heavy atom. The number of nitrogens with zero attached hydrogens (tertiary/aromatic N) is 1. The molecule has 0 radical (unpaired) electrons. The Balaban J connectivity index is 3.28. The normalized spacial score (nSPS) is 12.0. The molecule has 0 bridgehead atoms. The van der Waals surface area contributed by atoms with Crippen LogP contribution in [-0.4, -0.2) is 36.8 Å². The summed E-state index contributed by atoms with van der Waals surface area (Å²) < 4.78 is 1.20. The Bertz CT molecular complexity index is 204. The van der Waals surface area contributed by atoms with E-state index in [1.54, 1.807) is 0 Å². The van der Waals surface area contributed by atoms with E-state index in [1.165, 1.54) is 99.7 Å². The van der Waals surface area contributed by atoms with Gasteiger partial charge in [0.05, 0.1) is 20.6 Å². The standard InChI is InChI=1S/C19H42NS/c1-5-7-9-10-11-12-13-14-15-16-17-20(3,4)19-21-18-8-6-2/h5-19H2,1-4H3/q+1. The van der Waals surface area contributed by atoms with Gasteiger partial charge in [0.25, 0.3) is 0 Å². The van der Waals surface area contributed by atoms with Crippen molar-refractivity contribution in [3.05, 3.63) is 0 Å². The van der Waals surface area contributed by atoms with Gasteiger partial charge in [-0.25, -0.2) is 0 Å². The number of thioether (sulfide) groups is 1. The van der Waals surface area contributed by atoms with E-state index in [0.717, 1.165) is 0 Å². The quantitative estimate of drug-likeness (QED) is 0.178. The van der Waals surface area contributed by atoms with Crippen LogP contribution in [0.15, 0.2) is 0 Å². The summed E-state index contributed by atoms with van der Waals surface area (Å²) in [5, 5.41) is 0. The zero-order valence-electron chi connectivity index (χ0n) is 15.5. The van der Waals surface area contributed by atoms with Crippen molar-refractivity contribution in [2.24, 2.45) is 0 Å². The first-order chi connectivity index (χ1) is 10.1. The number of rotatable bonds is 16. The van der Waals surface area contributed by atoms with Crippen LogP contribution in [0.4, 0.5) is 0 Å². The van der Waals surface area contributed by atoms with Gasteiger partial charge in [-0.05, 0) is 25.0 Å². The summed E-state index contributed by atoms with van der Waals surface area (Å²) in [6.07, 6.45) is 17.1. The van der Waals surface area contributed by atoms with Crippen LogP contribution in [0.3, 0.4) is 0 Å². The topological polar surface area (TPSA) is 0 Å². The minimum atomic E-state index is 1.20. The van der Waals surface area contributed by atoms with E-state index in [4.69, 9.17) is 0 Å². The van der Waals surface area contributed by atoms with Crippen molar-refractivity contribution < 1.29 is 4.48 Å². The van der Waals surface area contributed by atoms with Gasteiger partial charge in [-0.15, -0.1) is 11.8 Å². The third-order valence-corrected chi connectivity index (χ3v) is 5.66. The van der Waals surface area contributed by atoms with Crippen molar-refractivity contribution in [3.63, 3.8) is 0 Å². The highest BCUT2D eigenvalue weighted by Gasteiger charge is 2.13. The minimum Gasteiger partial charge on any atom is -0.320 e. The molecular weight excluding hydrogens is 274 g/mol. The molecule has 0 aliphatic carbocycles. The molecule has 0 aromatic carbocycles. The molecule has 21 heavy (non-hydrogen) atoms. The lowest BCUT2D eigenvalue weighted by molar-refractivity contribution is -0.877. The summed E-state index contributed by atoms with van der Waals surface area (Å²) in [6, 6.07) is 0. The van der Waals surface area contributed by atoms with Crippen molar-refractivity contribution in [1.82, 2.24) is 0 Å². The second-order valence-electron chi connectivity index (χ2n) is 7.23. The average molecular weight is 317 g/mol. The van der Waals surface area contributed by atoms with Crippen LogP contribution in [-0.2, 0) is 0 Å². The summed E-state index contributed by atoms with van der Waals surface area (Å²) >= 11 is 2.14. The predicted octanol–water partition coefficient (Wildman–Crippen LogP) is 6.47. The molecule has 1 nitrogen and oxygen atoms in total. The molecule has 0 amide bonds. The van der Waals surface area contributed by atoms with Crippen LogP contribution in [0.25, 0.3) is 0 Å². The highest BCUT2D eigenvalue weighted by molar-refractivity contribution is 7.99. The second-order valence-corrected chi connectivity index (χ2v) is 8.31. The monoisotopic (exact) mass is 316 g/mol. The first kappa shape index (κ1) is 21.3. The Labute approximate surface area is 139 Å². The molecule has 0 unspecified atom stereocenters. The lowest BCUT2D eigenvalue weighted by Crippen LogP contribution is -2.40. The summed E-state index contributed by atoms with van der Waals surface area (Å²) in [5.41, 5.74) is 0. The number of quaternary nitrogens is 1. The highest BCUT2D eigenvalue weighted by atomic mass is 32.2. The molecular formula is C19H42NS+. The van der Waals surface area contributed by atoms with Crippen molar-refractivity contribution in [2.75, 3.05) is 32.3 Å². The molecule has 0 aliphatic heterocycles. The van der Waals surface area contributed by atoms with E-state index in [9.17, 15) is 0 Å². The van der Waals surface area contributed by atoms with Crippen LogP contribution in [0.5, 0.6) is 0 Å². The molecule has 0 spiro atoms. The van der Waals surface area contributed by atoms with Gasteiger partial charge in [-0.1, -0.05) is 71.6 Å². The molecule has 0 saturated carbocycles. The van der Waals surface area contributed by atoms with Gasteiger partial charge in [-0.2, -0.15) is 0 Å². The van der Waals surface area contributed by atoms with Gasteiger partial charge in [0.1, 0.15) is 5.88 Å².